The number of carbonyl (C=O) groups excluding carboxylic acids is 3. The number of carbonyl (C=O) groups is 3. The minimum absolute atomic E-state index is 0.0699. The van der Waals surface area contributed by atoms with Gasteiger partial charge in [-0.25, -0.2) is 0 Å². The van der Waals surface area contributed by atoms with E-state index in [4.69, 9.17) is 11.5 Å². The predicted molar refractivity (Wildman–Crippen MR) is 119 cm³/mol. The highest BCUT2D eigenvalue weighted by Gasteiger charge is 2.60. The maximum Gasteiger partial charge on any atom is 0.242 e. The highest BCUT2D eigenvalue weighted by molar-refractivity contribution is 5.96. The summed E-state index contributed by atoms with van der Waals surface area (Å²) >= 11 is 0. The van der Waals surface area contributed by atoms with Gasteiger partial charge in [-0.1, -0.05) is 24.6 Å². The molecule has 9 heteroatoms. The first-order valence-corrected chi connectivity index (χ1v) is 11.1. The Labute approximate surface area is 186 Å². The Morgan fingerprint density at radius 2 is 2.00 bits per heavy atom. The fourth-order valence-electron chi connectivity index (χ4n) is 5.80. The number of rotatable bonds is 8. The molecule has 2 aromatic rings. The van der Waals surface area contributed by atoms with Crippen LogP contribution in [-0.4, -0.2) is 52.0 Å². The molecule has 1 aromatic heterocycles. The van der Waals surface area contributed by atoms with Crippen molar-refractivity contribution in [3.63, 3.8) is 0 Å². The Morgan fingerprint density at radius 3 is 2.69 bits per heavy atom. The number of aliphatic hydroxyl groups excluding tert-OH is 1. The summed E-state index contributed by atoms with van der Waals surface area (Å²) in [5, 5.41) is 16.8. The van der Waals surface area contributed by atoms with Crippen LogP contribution in [0.3, 0.4) is 0 Å². The molecule has 1 aliphatic carbocycles. The molecule has 3 unspecified atom stereocenters. The van der Waals surface area contributed by atoms with Crippen molar-refractivity contribution < 1.29 is 19.5 Å². The van der Waals surface area contributed by atoms with Crippen LogP contribution >= 0.6 is 0 Å². The molecule has 32 heavy (non-hydrogen) atoms. The Kier molecular flexibility index (Phi) is 5.96. The van der Waals surface area contributed by atoms with Crippen molar-refractivity contribution in [2.45, 2.75) is 50.3 Å². The molecule has 172 valence electrons. The molecule has 2 aliphatic rings. The van der Waals surface area contributed by atoms with Crippen molar-refractivity contribution in [1.29, 1.82) is 0 Å². The van der Waals surface area contributed by atoms with Gasteiger partial charge in [0, 0.05) is 17.1 Å². The number of aliphatic hydroxyl groups is 1. The summed E-state index contributed by atoms with van der Waals surface area (Å²) in [5.41, 5.74) is 11.9. The van der Waals surface area contributed by atoms with Gasteiger partial charge in [-0.15, -0.1) is 0 Å². The van der Waals surface area contributed by atoms with E-state index in [0.29, 0.717) is 6.54 Å². The number of hydrogen-bond donors (Lipinski definition) is 6. The lowest BCUT2D eigenvalue weighted by molar-refractivity contribution is -0.140. The number of fused-ring (bicyclic) bond motifs is 2. The second-order valence-electron chi connectivity index (χ2n) is 9.16. The van der Waals surface area contributed by atoms with Gasteiger partial charge in [0.05, 0.1) is 12.0 Å². The third-order valence-electron chi connectivity index (χ3n) is 7.36. The summed E-state index contributed by atoms with van der Waals surface area (Å²) in [6, 6.07) is 6.46. The number of aromatic amines is 1. The Balaban J connectivity index is 1.76. The molecule has 8 N–H and O–H groups in total. The maximum absolute atomic E-state index is 13.6. The van der Waals surface area contributed by atoms with Crippen molar-refractivity contribution in [3.05, 3.63) is 36.0 Å². The zero-order valence-electron chi connectivity index (χ0n) is 18.1. The highest BCUT2D eigenvalue weighted by atomic mass is 16.3. The Bertz CT molecular complexity index is 1030. The molecule has 1 saturated carbocycles. The number of hydrogen-bond acceptors (Lipinski definition) is 5. The molecule has 0 bridgehead atoms. The lowest BCUT2D eigenvalue weighted by atomic mass is 9.69. The number of aromatic nitrogens is 1. The molecule has 1 aromatic carbocycles. The Hall–Kier alpha value is -2.91. The fraction of sp³-hybridized carbons (Fsp3) is 0.522. The van der Waals surface area contributed by atoms with Crippen molar-refractivity contribution in [2.75, 3.05) is 6.54 Å². The molecular formula is C23H31N5O4. The number of nitrogens with one attached hydrogen (secondary N) is 3. The van der Waals surface area contributed by atoms with E-state index in [1.807, 2.05) is 30.5 Å². The van der Waals surface area contributed by atoms with Crippen LogP contribution in [0.2, 0.25) is 0 Å². The largest absolute Gasteiger partial charge is 0.391 e. The number of primary amides is 2. The van der Waals surface area contributed by atoms with E-state index in [2.05, 4.69) is 15.6 Å². The second kappa shape index (κ2) is 8.55. The van der Waals surface area contributed by atoms with Crippen LogP contribution in [0.1, 0.15) is 31.7 Å². The van der Waals surface area contributed by atoms with Gasteiger partial charge in [-0.2, -0.15) is 0 Å². The first-order chi connectivity index (χ1) is 15.3. The van der Waals surface area contributed by atoms with Crippen LogP contribution < -0.4 is 22.1 Å². The van der Waals surface area contributed by atoms with Crippen LogP contribution in [0.5, 0.6) is 0 Å². The van der Waals surface area contributed by atoms with E-state index in [9.17, 15) is 19.5 Å². The number of H-pyrrole nitrogens is 1. The van der Waals surface area contributed by atoms with Crippen LogP contribution in [0.4, 0.5) is 0 Å². The van der Waals surface area contributed by atoms with Gasteiger partial charge in [0.2, 0.25) is 17.7 Å². The molecule has 3 amide bonds. The molecule has 9 nitrogen and oxygen atoms in total. The summed E-state index contributed by atoms with van der Waals surface area (Å²) < 4.78 is 0. The topological polar surface area (TPSA) is 163 Å². The fourth-order valence-corrected chi connectivity index (χ4v) is 5.80. The molecule has 2 fully saturated rings. The van der Waals surface area contributed by atoms with E-state index in [-0.39, 0.29) is 18.3 Å². The maximum atomic E-state index is 13.6. The zero-order chi connectivity index (χ0) is 23.0. The third-order valence-corrected chi connectivity index (χ3v) is 7.36. The van der Waals surface area contributed by atoms with Gasteiger partial charge in [0.25, 0.3) is 0 Å². The smallest absolute Gasteiger partial charge is 0.242 e. The summed E-state index contributed by atoms with van der Waals surface area (Å²) in [4.78, 5) is 41.7. The predicted octanol–water partition coefficient (Wildman–Crippen LogP) is -0.0789. The lowest BCUT2D eigenvalue weighted by Gasteiger charge is -2.39. The summed E-state index contributed by atoms with van der Waals surface area (Å²) in [6.07, 6.45) is 3.65. The molecule has 6 atom stereocenters. The van der Waals surface area contributed by atoms with E-state index in [1.54, 1.807) is 0 Å². The van der Waals surface area contributed by atoms with E-state index < -0.39 is 41.3 Å². The molecule has 1 saturated heterocycles. The second-order valence-corrected chi connectivity index (χ2v) is 9.16. The number of para-hydroxylation sites is 1. The summed E-state index contributed by atoms with van der Waals surface area (Å²) in [7, 11) is 0. The Morgan fingerprint density at radius 1 is 1.25 bits per heavy atom. The summed E-state index contributed by atoms with van der Waals surface area (Å²) in [6.45, 7) is 2.00. The third kappa shape index (κ3) is 3.65. The van der Waals surface area contributed by atoms with E-state index in [0.717, 1.165) is 35.7 Å². The average molecular weight is 442 g/mol. The molecule has 0 spiro atoms. The van der Waals surface area contributed by atoms with Gasteiger partial charge in [-0.3, -0.25) is 14.4 Å². The molecular weight excluding hydrogens is 410 g/mol. The summed E-state index contributed by atoms with van der Waals surface area (Å²) in [5.74, 6) is -2.62. The SMILES string of the molecule is C[C@@H](O)[C@H](NC(=O)[C@@H](Cc1c[nH]c2ccccc12)C1(C(N)=O)NCC2CCCC21)C(N)=O. The molecule has 1 aliphatic heterocycles. The first-order valence-electron chi connectivity index (χ1n) is 11.1. The van der Waals surface area contributed by atoms with Crippen LogP contribution in [0.25, 0.3) is 10.9 Å². The van der Waals surface area contributed by atoms with Crippen molar-refractivity contribution in [1.82, 2.24) is 15.6 Å². The number of amides is 3. The van der Waals surface area contributed by atoms with Gasteiger partial charge >= 0.3 is 0 Å². The monoisotopic (exact) mass is 441 g/mol. The van der Waals surface area contributed by atoms with Crippen LogP contribution in [0.15, 0.2) is 30.5 Å². The molecule has 0 radical (unpaired) electrons. The van der Waals surface area contributed by atoms with Crippen molar-refractivity contribution in [2.24, 2.45) is 29.2 Å². The minimum atomic E-state index is -1.27. The van der Waals surface area contributed by atoms with Crippen LogP contribution in [-0.2, 0) is 20.8 Å². The van der Waals surface area contributed by atoms with Gasteiger partial charge in [0.1, 0.15) is 11.6 Å². The number of nitrogens with two attached hydrogens (primary N) is 2. The molecule has 2 heterocycles. The number of benzene rings is 1. The minimum Gasteiger partial charge on any atom is -0.391 e. The quantitative estimate of drug-likeness (QED) is 0.337. The first kappa shape index (κ1) is 22.3. The lowest BCUT2D eigenvalue weighted by Crippen LogP contribution is -2.66. The zero-order valence-corrected chi connectivity index (χ0v) is 18.1. The van der Waals surface area contributed by atoms with Gasteiger partial charge < -0.3 is 32.2 Å². The van der Waals surface area contributed by atoms with Crippen LogP contribution in [0, 0.1) is 17.8 Å². The average Bonchev–Trinajstić information content (AvgIpc) is 3.45. The van der Waals surface area contributed by atoms with Gasteiger partial charge in [0.15, 0.2) is 0 Å². The standard InChI is InChI=1S/C23H31N5O4/c1-12(29)19(20(24)30)28-21(31)17(9-14-10-26-18-8-3-2-6-15(14)18)23(22(25)32)16-7-4-5-13(16)11-27-23/h2-3,6,8,10,12-13,16-17,19,26-27,29H,4-5,7,9,11H2,1H3,(H2,24,30)(H2,25,32)(H,28,31)/t12-,13?,16?,17-,19+,23?/m1/s1. The van der Waals surface area contributed by atoms with Gasteiger partial charge in [-0.05, 0) is 56.2 Å². The highest BCUT2D eigenvalue weighted by Crippen LogP contribution is 2.47. The molecule has 4 rings (SSSR count). The van der Waals surface area contributed by atoms with Crippen molar-refractivity contribution >= 4 is 28.6 Å². The normalized spacial score (nSPS) is 27.6. The van der Waals surface area contributed by atoms with E-state index >= 15 is 0 Å². The van der Waals surface area contributed by atoms with Crippen molar-refractivity contribution in [3.8, 4) is 0 Å². The van der Waals surface area contributed by atoms with E-state index in [1.165, 1.54) is 6.92 Å².